The van der Waals surface area contributed by atoms with Crippen molar-refractivity contribution in [1.29, 1.82) is 0 Å². The quantitative estimate of drug-likeness (QED) is 0.644. The minimum Gasteiger partial charge on any atom is -0.116 e. The number of halogens is 2. The maximum atomic E-state index is 5.51. The monoisotopic (exact) mass is 172 g/mol. The normalized spacial score (nSPS) is 9.80. The van der Waals surface area contributed by atoms with Crippen LogP contribution in [0, 0.1) is 11.8 Å². The van der Waals surface area contributed by atoms with Gasteiger partial charge >= 0.3 is 0 Å². The Bertz CT molecular complexity index is 185. The van der Waals surface area contributed by atoms with E-state index in [-0.39, 0.29) is 0 Å². The SMILES string of the molecule is Cl[CH]c1ccccc1[CH]Cl. The second-order valence-corrected chi connectivity index (χ2v) is 2.28. The van der Waals surface area contributed by atoms with Crippen LogP contribution in [0.5, 0.6) is 0 Å². The molecule has 2 heteroatoms. The molecule has 0 N–H and O–H groups in total. The highest BCUT2D eigenvalue weighted by atomic mass is 35.5. The van der Waals surface area contributed by atoms with Crippen molar-refractivity contribution in [2.45, 2.75) is 0 Å². The lowest BCUT2D eigenvalue weighted by atomic mass is 10.1. The molecular formula is C8H6Cl2. The minimum absolute atomic E-state index is 0.944. The lowest BCUT2D eigenvalue weighted by Crippen LogP contribution is -1.82. The number of hydrogen-bond acceptors (Lipinski definition) is 0. The molecule has 0 aliphatic carbocycles. The maximum Gasteiger partial charge on any atom is 0.0793 e. The van der Waals surface area contributed by atoms with E-state index in [9.17, 15) is 0 Å². The van der Waals surface area contributed by atoms with Crippen LogP contribution in [-0.2, 0) is 0 Å². The van der Waals surface area contributed by atoms with Crippen LogP contribution in [-0.4, -0.2) is 0 Å². The summed E-state index contributed by atoms with van der Waals surface area (Å²) in [6, 6.07) is 7.64. The van der Waals surface area contributed by atoms with Gasteiger partial charge in [0.1, 0.15) is 0 Å². The second-order valence-electron chi connectivity index (χ2n) is 1.85. The third-order valence-corrected chi connectivity index (χ3v) is 1.70. The van der Waals surface area contributed by atoms with Crippen LogP contribution in [0.15, 0.2) is 24.3 Å². The predicted molar refractivity (Wildman–Crippen MR) is 45.0 cm³/mol. The van der Waals surface area contributed by atoms with Crippen molar-refractivity contribution in [2.24, 2.45) is 0 Å². The molecular weight excluding hydrogens is 167 g/mol. The van der Waals surface area contributed by atoms with Crippen LogP contribution in [0.4, 0.5) is 0 Å². The first-order valence-corrected chi connectivity index (χ1v) is 3.71. The van der Waals surface area contributed by atoms with Crippen LogP contribution in [0.2, 0.25) is 0 Å². The summed E-state index contributed by atoms with van der Waals surface area (Å²) < 4.78 is 0. The molecule has 0 spiro atoms. The average molecular weight is 173 g/mol. The number of rotatable bonds is 2. The van der Waals surface area contributed by atoms with Gasteiger partial charge in [-0.1, -0.05) is 24.3 Å². The maximum absolute atomic E-state index is 5.51. The lowest BCUT2D eigenvalue weighted by molar-refractivity contribution is 1.49. The third-order valence-electron chi connectivity index (χ3n) is 1.23. The van der Waals surface area contributed by atoms with Crippen LogP contribution < -0.4 is 0 Å². The van der Waals surface area contributed by atoms with Gasteiger partial charge in [-0.2, -0.15) is 0 Å². The van der Waals surface area contributed by atoms with Crippen molar-refractivity contribution >= 4 is 23.2 Å². The lowest BCUT2D eigenvalue weighted by Gasteiger charge is -1.99. The van der Waals surface area contributed by atoms with E-state index < -0.39 is 0 Å². The highest BCUT2D eigenvalue weighted by Gasteiger charge is 1.97. The predicted octanol–water partition coefficient (Wildman–Crippen LogP) is 3.18. The molecule has 0 atom stereocenters. The Morgan fingerprint density at radius 1 is 0.900 bits per heavy atom. The Kier molecular flexibility index (Phi) is 3.04. The summed E-state index contributed by atoms with van der Waals surface area (Å²) in [4.78, 5) is 0. The van der Waals surface area contributed by atoms with E-state index in [1.807, 2.05) is 24.3 Å². The molecule has 52 valence electrons. The standard InChI is InChI=1S/C8H6Cl2/c9-5-7-3-1-2-4-8(7)6-10/h1-6H. The Balaban J connectivity index is 2.96. The first kappa shape index (κ1) is 7.90. The van der Waals surface area contributed by atoms with Crippen molar-refractivity contribution in [3.8, 4) is 0 Å². The van der Waals surface area contributed by atoms with Gasteiger partial charge in [0.15, 0.2) is 0 Å². The van der Waals surface area contributed by atoms with Crippen LogP contribution in [0.1, 0.15) is 11.1 Å². The Morgan fingerprint density at radius 3 is 1.60 bits per heavy atom. The minimum atomic E-state index is 0.944. The molecule has 1 rings (SSSR count). The molecule has 0 aliphatic rings. The van der Waals surface area contributed by atoms with E-state index >= 15 is 0 Å². The molecule has 2 radical (unpaired) electrons. The van der Waals surface area contributed by atoms with Crippen LogP contribution in [0.3, 0.4) is 0 Å². The highest BCUT2D eigenvalue weighted by Crippen LogP contribution is 2.15. The summed E-state index contributed by atoms with van der Waals surface area (Å²) in [5.41, 5.74) is 1.89. The summed E-state index contributed by atoms with van der Waals surface area (Å²) >= 11 is 11.0. The summed E-state index contributed by atoms with van der Waals surface area (Å²) in [5, 5.41) is 0. The van der Waals surface area contributed by atoms with Gasteiger partial charge < -0.3 is 0 Å². The average Bonchev–Trinajstić information content (AvgIpc) is 2.04. The Hall–Kier alpha value is -0.200. The van der Waals surface area contributed by atoms with Crippen molar-refractivity contribution in [1.82, 2.24) is 0 Å². The Labute approximate surface area is 70.8 Å². The Morgan fingerprint density at radius 2 is 1.30 bits per heavy atom. The van der Waals surface area contributed by atoms with E-state index in [1.165, 1.54) is 11.8 Å². The first-order valence-electron chi connectivity index (χ1n) is 2.84. The van der Waals surface area contributed by atoms with E-state index in [4.69, 9.17) is 23.2 Å². The summed E-state index contributed by atoms with van der Waals surface area (Å²) in [6.07, 6.45) is 0. The summed E-state index contributed by atoms with van der Waals surface area (Å²) in [7, 11) is 0. The molecule has 1 aromatic rings. The molecule has 0 heterocycles. The molecule has 0 amide bonds. The van der Waals surface area contributed by atoms with Gasteiger partial charge in [-0.3, -0.25) is 0 Å². The molecule has 10 heavy (non-hydrogen) atoms. The van der Waals surface area contributed by atoms with Gasteiger partial charge in [-0.05, 0) is 11.1 Å². The molecule has 0 bridgehead atoms. The first-order chi connectivity index (χ1) is 4.88. The van der Waals surface area contributed by atoms with E-state index in [1.54, 1.807) is 0 Å². The van der Waals surface area contributed by atoms with Gasteiger partial charge in [0, 0.05) is 0 Å². The topological polar surface area (TPSA) is 0 Å². The van der Waals surface area contributed by atoms with Gasteiger partial charge in [0.25, 0.3) is 0 Å². The van der Waals surface area contributed by atoms with Crippen molar-refractivity contribution in [3.05, 3.63) is 47.2 Å². The van der Waals surface area contributed by atoms with Gasteiger partial charge in [-0.25, -0.2) is 0 Å². The zero-order valence-corrected chi connectivity index (χ0v) is 6.73. The zero-order valence-electron chi connectivity index (χ0n) is 5.22. The van der Waals surface area contributed by atoms with Gasteiger partial charge in [-0.15, -0.1) is 23.2 Å². The van der Waals surface area contributed by atoms with Gasteiger partial charge in [0.2, 0.25) is 0 Å². The molecule has 0 saturated heterocycles. The molecule has 0 saturated carbocycles. The smallest absolute Gasteiger partial charge is 0.0793 e. The molecule has 0 aromatic heterocycles. The zero-order chi connectivity index (χ0) is 7.40. The van der Waals surface area contributed by atoms with E-state index in [0.717, 1.165) is 11.1 Å². The van der Waals surface area contributed by atoms with Gasteiger partial charge in [0.05, 0.1) is 11.8 Å². The van der Waals surface area contributed by atoms with Crippen LogP contribution >= 0.6 is 23.2 Å². The van der Waals surface area contributed by atoms with E-state index in [0.29, 0.717) is 0 Å². The molecule has 1 aromatic carbocycles. The largest absolute Gasteiger partial charge is 0.116 e. The fourth-order valence-electron chi connectivity index (χ4n) is 0.710. The van der Waals surface area contributed by atoms with Crippen molar-refractivity contribution in [2.75, 3.05) is 0 Å². The van der Waals surface area contributed by atoms with Crippen molar-refractivity contribution < 1.29 is 0 Å². The number of benzene rings is 1. The second kappa shape index (κ2) is 3.85. The molecule has 0 fully saturated rings. The fourth-order valence-corrected chi connectivity index (χ4v) is 1.11. The fraction of sp³-hybridized carbons (Fsp3) is 0. The highest BCUT2D eigenvalue weighted by molar-refractivity contribution is 6.27. The third kappa shape index (κ3) is 1.65. The summed E-state index contributed by atoms with van der Waals surface area (Å²) in [5.74, 6) is 3.02. The molecule has 0 aliphatic heterocycles. The van der Waals surface area contributed by atoms with Crippen molar-refractivity contribution in [3.63, 3.8) is 0 Å². The molecule has 0 unspecified atom stereocenters. The summed E-state index contributed by atoms with van der Waals surface area (Å²) in [6.45, 7) is 0. The molecule has 0 nitrogen and oxygen atoms in total. The van der Waals surface area contributed by atoms with E-state index in [2.05, 4.69) is 0 Å². The number of hydrogen-bond donors (Lipinski definition) is 0. The van der Waals surface area contributed by atoms with Crippen LogP contribution in [0.25, 0.3) is 0 Å².